The fraction of sp³-hybridized carbons (Fsp3) is 0.522. The topological polar surface area (TPSA) is 83.4 Å². The Bertz CT molecular complexity index is 962. The lowest BCUT2D eigenvalue weighted by Crippen LogP contribution is -2.32. The highest BCUT2D eigenvalue weighted by atomic mass is 16.2. The zero-order chi connectivity index (χ0) is 21.1. The van der Waals surface area contributed by atoms with E-state index in [-0.39, 0.29) is 5.91 Å². The summed E-state index contributed by atoms with van der Waals surface area (Å²) in [5, 5.41) is 3.06. The molecule has 2 aromatic rings. The molecular weight excluding hydrogens is 376 g/mol. The molecule has 2 aliphatic rings. The van der Waals surface area contributed by atoms with Crippen LogP contribution in [0.1, 0.15) is 62.7 Å². The minimum absolute atomic E-state index is 0.00509. The summed E-state index contributed by atoms with van der Waals surface area (Å²) in [5.74, 6) is 0.812. The van der Waals surface area contributed by atoms with Crippen molar-refractivity contribution in [3.05, 3.63) is 47.3 Å². The van der Waals surface area contributed by atoms with Crippen molar-refractivity contribution in [2.24, 2.45) is 10.4 Å². The third-order valence-corrected chi connectivity index (χ3v) is 5.62. The van der Waals surface area contributed by atoms with E-state index in [1.54, 1.807) is 6.20 Å². The van der Waals surface area contributed by atoms with Crippen LogP contribution >= 0.6 is 0 Å². The summed E-state index contributed by atoms with van der Waals surface area (Å²) in [6.45, 7) is 9.07. The molecule has 0 unspecified atom stereocenters. The van der Waals surface area contributed by atoms with Gasteiger partial charge in [0.25, 0.3) is 0 Å². The van der Waals surface area contributed by atoms with Crippen LogP contribution < -0.4 is 5.32 Å². The lowest BCUT2D eigenvalue weighted by Gasteiger charge is -2.29. The Morgan fingerprint density at radius 3 is 2.83 bits per heavy atom. The van der Waals surface area contributed by atoms with Crippen molar-refractivity contribution in [3.8, 4) is 0 Å². The molecule has 0 spiro atoms. The number of nitrogens with one attached hydrogen (secondary N) is 1. The van der Waals surface area contributed by atoms with Crippen molar-refractivity contribution in [2.45, 2.75) is 59.5 Å². The van der Waals surface area contributed by atoms with Gasteiger partial charge in [-0.2, -0.15) is 0 Å². The van der Waals surface area contributed by atoms with Crippen molar-refractivity contribution in [2.75, 3.05) is 18.4 Å². The summed E-state index contributed by atoms with van der Waals surface area (Å²) in [6, 6.07) is 1.87. The van der Waals surface area contributed by atoms with E-state index in [0.29, 0.717) is 0 Å². The molecule has 0 atom stereocenters. The van der Waals surface area contributed by atoms with E-state index in [0.717, 1.165) is 73.9 Å². The minimum Gasteiger partial charge on any atom is -0.325 e. The van der Waals surface area contributed by atoms with Gasteiger partial charge < -0.3 is 5.32 Å². The van der Waals surface area contributed by atoms with Gasteiger partial charge in [-0.05, 0) is 25.3 Å². The first-order valence-corrected chi connectivity index (χ1v) is 10.8. The number of hydrogen-bond donors (Lipinski definition) is 1. The standard InChI is InChI=1S/C23H30N6O/c1-23(2,3)22(30)28-18-7-10-24-12-16(18)14-29-11-8-19-17(15-29)13-26-21(27-19)20-6-4-5-9-25-20/h7,10,12-13H,4-6,8-9,11,14-15H2,1-3H3,(H,24,28,30). The smallest absolute Gasteiger partial charge is 0.229 e. The lowest BCUT2D eigenvalue weighted by molar-refractivity contribution is -0.123. The van der Waals surface area contributed by atoms with Crippen LogP contribution in [0.2, 0.25) is 0 Å². The van der Waals surface area contributed by atoms with E-state index in [1.807, 2.05) is 39.2 Å². The maximum Gasteiger partial charge on any atom is 0.229 e. The molecule has 0 aliphatic carbocycles. The molecule has 7 nitrogen and oxygen atoms in total. The highest BCUT2D eigenvalue weighted by Gasteiger charge is 2.24. The van der Waals surface area contributed by atoms with Crippen molar-refractivity contribution < 1.29 is 4.79 Å². The molecule has 0 fully saturated rings. The second-order valence-corrected chi connectivity index (χ2v) is 9.15. The number of carbonyl (C=O) groups excluding carboxylic acids is 1. The molecule has 0 aromatic carbocycles. The Labute approximate surface area is 178 Å². The second-order valence-electron chi connectivity index (χ2n) is 9.15. The number of carbonyl (C=O) groups is 1. The SMILES string of the molecule is CC(C)(C)C(=O)Nc1ccncc1CN1CCc2nc(C3=NCCCC3)ncc2C1. The van der Waals surface area contributed by atoms with E-state index in [1.165, 1.54) is 12.0 Å². The highest BCUT2D eigenvalue weighted by molar-refractivity contribution is 5.97. The monoisotopic (exact) mass is 406 g/mol. The largest absolute Gasteiger partial charge is 0.325 e. The Morgan fingerprint density at radius 1 is 1.20 bits per heavy atom. The Morgan fingerprint density at radius 2 is 2.07 bits per heavy atom. The van der Waals surface area contributed by atoms with Crippen LogP contribution in [-0.4, -0.2) is 44.6 Å². The van der Waals surface area contributed by atoms with Gasteiger partial charge in [-0.25, -0.2) is 9.97 Å². The van der Waals surface area contributed by atoms with Gasteiger partial charge in [0.1, 0.15) is 0 Å². The van der Waals surface area contributed by atoms with Crippen LogP contribution in [-0.2, 0) is 24.3 Å². The number of fused-ring (bicyclic) bond motifs is 1. The van der Waals surface area contributed by atoms with E-state index in [9.17, 15) is 4.79 Å². The van der Waals surface area contributed by atoms with E-state index < -0.39 is 5.41 Å². The van der Waals surface area contributed by atoms with E-state index >= 15 is 0 Å². The molecular formula is C23H30N6O. The molecule has 7 heteroatoms. The normalized spacial score (nSPS) is 17.2. The van der Waals surface area contributed by atoms with E-state index in [4.69, 9.17) is 4.98 Å². The molecule has 1 N–H and O–H groups in total. The molecule has 4 rings (SSSR count). The predicted molar refractivity (Wildman–Crippen MR) is 117 cm³/mol. The maximum absolute atomic E-state index is 12.4. The summed E-state index contributed by atoms with van der Waals surface area (Å²) < 4.78 is 0. The first kappa shape index (κ1) is 20.6. The first-order valence-electron chi connectivity index (χ1n) is 10.8. The number of rotatable bonds is 4. The number of pyridine rings is 1. The van der Waals surface area contributed by atoms with Gasteiger partial charge in [0.05, 0.1) is 11.4 Å². The van der Waals surface area contributed by atoms with Gasteiger partial charge in [0.2, 0.25) is 5.91 Å². The van der Waals surface area contributed by atoms with Crippen LogP contribution in [0.5, 0.6) is 0 Å². The van der Waals surface area contributed by atoms with Crippen LogP contribution in [0.3, 0.4) is 0 Å². The van der Waals surface area contributed by atoms with Crippen LogP contribution in [0.25, 0.3) is 0 Å². The molecule has 4 heterocycles. The highest BCUT2D eigenvalue weighted by Crippen LogP contribution is 2.24. The molecule has 158 valence electrons. The van der Waals surface area contributed by atoms with Gasteiger partial charge in [-0.1, -0.05) is 20.8 Å². The van der Waals surface area contributed by atoms with Gasteiger partial charge >= 0.3 is 0 Å². The Balaban J connectivity index is 1.46. The number of amides is 1. The Hall–Kier alpha value is -2.67. The molecule has 2 aliphatic heterocycles. The second kappa shape index (κ2) is 8.60. The first-order chi connectivity index (χ1) is 14.4. The number of anilines is 1. The average molecular weight is 407 g/mol. The van der Waals surface area contributed by atoms with Crippen LogP contribution in [0.15, 0.2) is 29.6 Å². The minimum atomic E-state index is -0.442. The summed E-state index contributed by atoms with van der Waals surface area (Å²) in [5.41, 5.74) is 4.77. The molecule has 0 saturated heterocycles. The van der Waals surface area contributed by atoms with Gasteiger partial charge in [0.15, 0.2) is 5.82 Å². The summed E-state index contributed by atoms with van der Waals surface area (Å²) >= 11 is 0. The molecule has 2 aromatic heterocycles. The van der Waals surface area contributed by atoms with Crippen molar-refractivity contribution in [3.63, 3.8) is 0 Å². The molecule has 1 amide bonds. The summed E-state index contributed by atoms with van der Waals surface area (Å²) in [7, 11) is 0. The quantitative estimate of drug-likeness (QED) is 0.841. The van der Waals surface area contributed by atoms with Crippen molar-refractivity contribution in [1.82, 2.24) is 19.9 Å². The number of hydrogen-bond acceptors (Lipinski definition) is 6. The Kier molecular flexibility index (Phi) is 5.90. The molecule has 30 heavy (non-hydrogen) atoms. The molecule has 0 radical (unpaired) electrons. The molecule has 0 saturated carbocycles. The van der Waals surface area contributed by atoms with Gasteiger partial charge in [-0.15, -0.1) is 0 Å². The van der Waals surface area contributed by atoms with Crippen LogP contribution in [0.4, 0.5) is 5.69 Å². The fourth-order valence-electron chi connectivity index (χ4n) is 3.75. The maximum atomic E-state index is 12.4. The van der Waals surface area contributed by atoms with Crippen molar-refractivity contribution >= 4 is 17.3 Å². The zero-order valence-corrected chi connectivity index (χ0v) is 18.1. The van der Waals surface area contributed by atoms with Crippen molar-refractivity contribution in [1.29, 1.82) is 0 Å². The number of aliphatic imine (C=N–C) groups is 1. The summed E-state index contributed by atoms with van der Waals surface area (Å²) in [4.78, 5) is 33.1. The third-order valence-electron chi connectivity index (χ3n) is 5.62. The third kappa shape index (κ3) is 4.73. The zero-order valence-electron chi connectivity index (χ0n) is 18.1. The van der Waals surface area contributed by atoms with Gasteiger partial charge in [0, 0.05) is 73.4 Å². The van der Waals surface area contributed by atoms with Gasteiger partial charge in [-0.3, -0.25) is 19.7 Å². The molecule has 0 bridgehead atoms. The fourth-order valence-corrected chi connectivity index (χ4v) is 3.75. The number of nitrogens with zero attached hydrogens (tertiary/aromatic N) is 5. The number of aromatic nitrogens is 3. The average Bonchev–Trinajstić information content (AvgIpc) is 2.74. The summed E-state index contributed by atoms with van der Waals surface area (Å²) in [6.07, 6.45) is 9.73. The predicted octanol–water partition coefficient (Wildman–Crippen LogP) is 3.39. The van der Waals surface area contributed by atoms with Crippen LogP contribution in [0, 0.1) is 5.41 Å². The van der Waals surface area contributed by atoms with E-state index in [2.05, 4.69) is 25.2 Å². The lowest BCUT2D eigenvalue weighted by atomic mass is 9.95.